The van der Waals surface area contributed by atoms with Gasteiger partial charge in [0, 0.05) is 30.8 Å². The number of hydrogen-bond donors (Lipinski definition) is 2. The van der Waals surface area contributed by atoms with Crippen LogP contribution in [0.1, 0.15) is 19.3 Å². The van der Waals surface area contributed by atoms with Gasteiger partial charge in [-0.15, -0.1) is 0 Å². The molecule has 19 heavy (non-hydrogen) atoms. The quantitative estimate of drug-likeness (QED) is 0.845. The molecule has 1 heterocycles. The maximum atomic E-state index is 11.8. The Morgan fingerprint density at radius 3 is 2.79 bits per heavy atom. The summed E-state index contributed by atoms with van der Waals surface area (Å²) in [6, 6.07) is 6.11. The molecule has 0 spiro atoms. The lowest BCUT2D eigenvalue weighted by molar-refractivity contribution is -0.116. The van der Waals surface area contributed by atoms with E-state index in [1.54, 1.807) is 6.07 Å². The van der Waals surface area contributed by atoms with Crippen molar-refractivity contribution in [2.24, 2.45) is 0 Å². The second kappa shape index (κ2) is 5.48. The highest BCUT2D eigenvalue weighted by atomic mass is 16.6. The zero-order valence-corrected chi connectivity index (χ0v) is 10.8. The van der Waals surface area contributed by atoms with Crippen LogP contribution in [0.5, 0.6) is 11.5 Å². The maximum absolute atomic E-state index is 11.8. The summed E-state index contributed by atoms with van der Waals surface area (Å²) in [5.74, 6) is 1.45. The van der Waals surface area contributed by atoms with Gasteiger partial charge in [-0.3, -0.25) is 4.79 Å². The van der Waals surface area contributed by atoms with Crippen LogP contribution < -0.4 is 20.1 Å². The van der Waals surface area contributed by atoms with E-state index in [1.165, 1.54) is 12.8 Å². The average Bonchev–Trinajstić information content (AvgIpc) is 3.23. The zero-order chi connectivity index (χ0) is 13.1. The standard InChI is InChI=1S/C14H18N2O3/c17-14(5-6-15-10-1-2-10)16-11-3-4-12-13(9-11)19-8-7-18-12/h3-4,9-10,15H,1-2,5-8H2,(H,16,17). The van der Waals surface area contributed by atoms with Crippen LogP contribution >= 0.6 is 0 Å². The first kappa shape index (κ1) is 12.3. The molecule has 0 radical (unpaired) electrons. The second-order valence-corrected chi connectivity index (χ2v) is 4.89. The molecule has 5 nitrogen and oxygen atoms in total. The lowest BCUT2D eigenvalue weighted by Crippen LogP contribution is -2.23. The van der Waals surface area contributed by atoms with Gasteiger partial charge in [-0.1, -0.05) is 0 Å². The zero-order valence-electron chi connectivity index (χ0n) is 10.8. The van der Waals surface area contributed by atoms with E-state index in [9.17, 15) is 4.79 Å². The van der Waals surface area contributed by atoms with Crippen molar-refractivity contribution in [3.8, 4) is 11.5 Å². The van der Waals surface area contributed by atoms with Gasteiger partial charge in [-0.2, -0.15) is 0 Å². The Balaban J connectivity index is 1.51. The lowest BCUT2D eigenvalue weighted by Gasteiger charge is -2.19. The third kappa shape index (κ3) is 3.38. The van der Waals surface area contributed by atoms with E-state index < -0.39 is 0 Å². The third-order valence-corrected chi connectivity index (χ3v) is 3.19. The number of carbonyl (C=O) groups is 1. The van der Waals surface area contributed by atoms with Gasteiger partial charge in [0.25, 0.3) is 0 Å². The van der Waals surface area contributed by atoms with E-state index in [-0.39, 0.29) is 5.91 Å². The molecule has 1 aromatic carbocycles. The Morgan fingerprint density at radius 1 is 1.21 bits per heavy atom. The molecule has 0 bridgehead atoms. The molecule has 2 N–H and O–H groups in total. The van der Waals surface area contributed by atoms with Crippen LogP contribution in [-0.4, -0.2) is 31.7 Å². The highest BCUT2D eigenvalue weighted by Gasteiger charge is 2.20. The van der Waals surface area contributed by atoms with Gasteiger partial charge in [0.1, 0.15) is 13.2 Å². The van der Waals surface area contributed by atoms with Gasteiger partial charge < -0.3 is 20.1 Å². The highest BCUT2D eigenvalue weighted by molar-refractivity contribution is 5.91. The second-order valence-electron chi connectivity index (χ2n) is 4.89. The van der Waals surface area contributed by atoms with E-state index in [1.807, 2.05) is 12.1 Å². The van der Waals surface area contributed by atoms with Crippen molar-refractivity contribution in [2.75, 3.05) is 25.1 Å². The molecule has 2 aliphatic rings. The number of amides is 1. The summed E-state index contributed by atoms with van der Waals surface area (Å²) in [4.78, 5) is 11.8. The molecule has 0 atom stereocenters. The van der Waals surface area contributed by atoms with Crippen molar-refractivity contribution >= 4 is 11.6 Å². The van der Waals surface area contributed by atoms with E-state index in [0.29, 0.717) is 31.4 Å². The van der Waals surface area contributed by atoms with E-state index in [0.717, 1.165) is 18.0 Å². The number of ether oxygens (including phenoxy) is 2. The number of nitrogens with one attached hydrogen (secondary N) is 2. The first-order chi connectivity index (χ1) is 9.31. The van der Waals surface area contributed by atoms with Crippen LogP contribution in [0.3, 0.4) is 0 Å². The Bertz CT molecular complexity index is 472. The normalized spacial score (nSPS) is 17.1. The maximum Gasteiger partial charge on any atom is 0.225 e. The molecule has 1 aliphatic heterocycles. The van der Waals surface area contributed by atoms with E-state index >= 15 is 0 Å². The molecule has 102 valence electrons. The minimum absolute atomic E-state index is 0.0184. The summed E-state index contributed by atoms with van der Waals surface area (Å²) in [5, 5.41) is 6.19. The summed E-state index contributed by atoms with van der Waals surface area (Å²) < 4.78 is 10.9. The van der Waals surface area contributed by atoms with Crippen molar-refractivity contribution in [1.82, 2.24) is 5.32 Å². The number of rotatable bonds is 5. The fraction of sp³-hybridized carbons (Fsp3) is 0.500. The molecule has 0 unspecified atom stereocenters. The monoisotopic (exact) mass is 262 g/mol. The van der Waals surface area contributed by atoms with Gasteiger partial charge in [-0.25, -0.2) is 0 Å². The van der Waals surface area contributed by atoms with Crippen molar-refractivity contribution in [3.63, 3.8) is 0 Å². The molecule has 1 fully saturated rings. The van der Waals surface area contributed by atoms with Crippen LogP contribution in [0, 0.1) is 0 Å². The average molecular weight is 262 g/mol. The fourth-order valence-corrected chi connectivity index (χ4v) is 2.02. The SMILES string of the molecule is O=C(CCNC1CC1)Nc1ccc2c(c1)OCCO2. The smallest absolute Gasteiger partial charge is 0.225 e. The largest absolute Gasteiger partial charge is 0.486 e. The Morgan fingerprint density at radius 2 is 2.00 bits per heavy atom. The number of anilines is 1. The van der Waals surface area contributed by atoms with E-state index in [2.05, 4.69) is 10.6 Å². The Kier molecular flexibility index (Phi) is 3.55. The van der Waals surface area contributed by atoms with Crippen molar-refractivity contribution < 1.29 is 14.3 Å². The summed E-state index contributed by atoms with van der Waals surface area (Å²) in [5.41, 5.74) is 0.751. The van der Waals surface area contributed by atoms with Crippen molar-refractivity contribution in [2.45, 2.75) is 25.3 Å². The molecular weight excluding hydrogens is 244 g/mol. The Labute approximate surface area is 112 Å². The van der Waals surface area contributed by atoms with Crippen molar-refractivity contribution in [3.05, 3.63) is 18.2 Å². The van der Waals surface area contributed by atoms with Gasteiger partial charge in [0.2, 0.25) is 5.91 Å². The van der Waals surface area contributed by atoms with E-state index in [4.69, 9.17) is 9.47 Å². The summed E-state index contributed by atoms with van der Waals surface area (Å²) in [6.07, 6.45) is 2.97. The van der Waals surface area contributed by atoms with Gasteiger partial charge in [-0.05, 0) is 25.0 Å². The predicted molar refractivity (Wildman–Crippen MR) is 71.7 cm³/mol. The number of hydrogen-bond acceptors (Lipinski definition) is 4. The molecule has 0 aromatic heterocycles. The van der Waals surface area contributed by atoms with Gasteiger partial charge >= 0.3 is 0 Å². The topological polar surface area (TPSA) is 59.6 Å². The third-order valence-electron chi connectivity index (χ3n) is 3.19. The molecule has 0 saturated heterocycles. The highest BCUT2D eigenvalue weighted by Crippen LogP contribution is 2.32. The minimum atomic E-state index is 0.0184. The molecule has 1 aromatic rings. The Hall–Kier alpha value is -1.75. The summed E-state index contributed by atoms with van der Waals surface area (Å²) in [6.45, 7) is 1.86. The molecule has 1 aliphatic carbocycles. The van der Waals surface area contributed by atoms with Gasteiger partial charge in [0.15, 0.2) is 11.5 Å². The van der Waals surface area contributed by atoms with Crippen LogP contribution in [0.15, 0.2) is 18.2 Å². The molecule has 5 heteroatoms. The van der Waals surface area contributed by atoms with Gasteiger partial charge in [0.05, 0.1) is 0 Å². The van der Waals surface area contributed by atoms with Crippen LogP contribution in [0.25, 0.3) is 0 Å². The number of carbonyl (C=O) groups excluding carboxylic acids is 1. The first-order valence-corrected chi connectivity index (χ1v) is 6.74. The number of fused-ring (bicyclic) bond motifs is 1. The summed E-state index contributed by atoms with van der Waals surface area (Å²) in [7, 11) is 0. The first-order valence-electron chi connectivity index (χ1n) is 6.74. The molecule has 3 rings (SSSR count). The minimum Gasteiger partial charge on any atom is -0.486 e. The van der Waals surface area contributed by atoms with Crippen LogP contribution in [0.2, 0.25) is 0 Å². The molecule has 1 saturated carbocycles. The molecular formula is C14H18N2O3. The fourth-order valence-electron chi connectivity index (χ4n) is 2.02. The van der Waals surface area contributed by atoms with Crippen molar-refractivity contribution in [1.29, 1.82) is 0 Å². The van der Waals surface area contributed by atoms with Crippen LogP contribution in [-0.2, 0) is 4.79 Å². The lowest BCUT2D eigenvalue weighted by atomic mass is 10.2. The summed E-state index contributed by atoms with van der Waals surface area (Å²) >= 11 is 0. The molecule has 1 amide bonds. The number of benzene rings is 1. The van der Waals surface area contributed by atoms with Crippen LogP contribution in [0.4, 0.5) is 5.69 Å². The predicted octanol–water partition coefficient (Wildman–Crippen LogP) is 1.54.